The Morgan fingerprint density at radius 3 is 2.71 bits per heavy atom. The Morgan fingerprint density at radius 1 is 1.41 bits per heavy atom. The first-order valence-electron chi connectivity index (χ1n) is 6.56. The van der Waals surface area contributed by atoms with Crippen LogP contribution in [0.4, 0.5) is 5.69 Å². The Kier molecular flexibility index (Phi) is 4.00. The van der Waals surface area contributed by atoms with Gasteiger partial charge in [0, 0.05) is 36.2 Å². The zero-order valence-electron chi connectivity index (χ0n) is 10.8. The van der Waals surface area contributed by atoms with Crippen LogP contribution in [-0.4, -0.2) is 23.2 Å². The Hall–Kier alpha value is -1.09. The third-order valence-corrected chi connectivity index (χ3v) is 3.80. The molecule has 1 N–H and O–H groups in total. The molecule has 94 valence electrons. The Bertz CT molecular complexity index is 370. The predicted molar refractivity (Wildman–Crippen MR) is 70.1 cm³/mol. The van der Waals surface area contributed by atoms with E-state index in [4.69, 9.17) is 0 Å². The van der Waals surface area contributed by atoms with Crippen LogP contribution in [0, 0.1) is 12.8 Å². The molecule has 0 bridgehead atoms. The van der Waals surface area contributed by atoms with Crippen LogP contribution >= 0.6 is 0 Å². The van der Waals surface area contributed by atoms with Crippen molar-refractivity contribution in [3.05, 3.63) is 23.5 Å². The van der Waals surface area contributed by atoms with E-state index in [9.17, 15) is 5.11 Å². The van der Waals surface area contributed by atoms with Gasteiger partial charge < -0.3 is 10.0 Å². The number of anilines is 1. The lowest BCUT2D eigenvalue weighted by Crippen LogP contribution is -2.34. The van der Waals surface area contributed by atoms with E-state index in [2.05, 4.69) is 22.9 Å². The number of aromatic nitrogens is 1. The lowest BCUT2D eigenvalue weighted by atomic mass is 9.94. The number of pyridine rings is 1. The van der Waals surface area contributed by atoms with Crippen LogP contribution in [0.15, 0.2) is 12.3 Å². The molecule has 1 aromatic rings. The molecule has 0 atom stereocenters. The second-order valence-corrected chi connectivity index (χ2v) is 4.95. The van der Waals surface area contributed by atoms with Crippen LogP contribution in [-0.2, 0) is 6.61 Å². The smallest absolute Gasteiger partial charge is 0.0717 e. The highest BCUT2D eigenvalue weighted by atomic mass is 16.3. The van der Waals surface area contributed by atoms with Crippen molar-refractivity contribution in [2.45, 2.75) is 39.7 Å². The average molecular weight is 234 g/mol. The van der Waals surface area contributed by atoms with Gasteiger partial charge in [0.25, 0.3) is 0 Å². The Labute approximate surface area is 103 Å². The van der Waals surface area contributed by atoms with Gasteiger partial charge in [-0.15, -0.1) is 0 Å². The van der Waals surface area contributed by atoms with Gasteiger partial charge in [0.05, 0.1) is 6.61 Å². The van der Waals surface area contributed by atoms with Gasteiger partial charge in [-0.2, -0.15) is 0 Å². The van der Waals surface area contributed by atoms with Gasteiger partial charge in [-0.25, -0.2) is 0 Å². The van der Waals surface area contributed by atoms with Crippen LogP contribution < -0.4 is 4.90 Å². The summed E-state index contributed by atoms with van der Waals surface area (Å²) in [6.07, 6.45) is 5.62. The van der Waals surface area contributed by atoms with Crippen LogP contribution in [0.2, 0.25) is 0 Å². The minimum atomic E-state index is 0.0797. The lowest BCUT2D eigenvalue weighted by Gasteiger charge is -2.34. The van der Waals surface area contributed by atoms with E-state index in [-0.39, 0.29) is 6.61 Å². The predicted octanol–water partition coefficient (Wildman–Crippen LogP) is 2.51. The highest BCUT2D eigenvalue weighted by molar-refractivity contribution is 5.53. The minimum Gasteiger partial charge on any atom is -0.392 e. The number of hydrogen-bond acceptors (Lipinski definition) is 3. The van der Waals surface area contributed by atoms with E-state index < -0.39 is 0 Å². The molecule has 0 saturated carbocycles. The standard InChI is InChI=1S/C14H22N2O/c1-3-12-4-6-16(7-5-12)14-8-11(2)15-9-13(14)10-17/h8-9,12,17H,3-7,10H2,1-2H3. The molecular formula is C14H22N2O. The zero-order valence-corrected chi connectivity index (χ0v) is 10.8. The Morgan fingerprint density at radius 2 is 2.12 bits per heavy atom. The van der Waals surface area contributed by atoms with Crippen molar-refractivity contribution in [3.63, 3.8) is 0 Å². The second-order valence-electron chi connectivity index (χ2n) is 4.95. The summed E-state index contributed by atoms with van der Waals surface area (Å²) in [5.74, 6) is 0.881. The first-order valence-corrected chi connectivity index (χ1v) is 6.56. The first kappa shape index (κ1) is 12.4. The first-order chi connectivity index (χ1) is 8.24. The number of aliphatic hydroxyl groups is 1. The van der Waals surface area contributed by atoms with Gasteiger partial charge in [-0.05, 0) is 31.7 Å². The maximum atomic E-state index is 9.37. The van der Waals surface area contributed by atoms with E-state index in [1.165, 1.54) is 24.9 Å². The lowest BCUT2D eigenvalue weighted by molar-refractivity contribution is 0.281. The zero-order chi connectivity index (χ0) is 12.3. The van der Waals surface area contributed by atoms with Crippen LogP contribution in [0.25, 0.3) is 0 Å². The number of aryl methyl sites for hydroxylation is 1. The number of hydrogen-bond donors (Lipinski definition) is 1. The Balaban J connectivity index is 2.14. The fraction of sp³-hybridized carbons (Fsp3) is 0.643. The van der Waals surface area contributed by atoms with Crippen molar-refractivity contribution in [3.8, 4) is 0 Å². The quantitative estimate of drug-likeness (QED) is 0.873. The summed E-state index contributed by atoms with van der Waals surface area (Å²) < 4.78 is 0. The SMILES string of the molecule is CCC1CCN(c2cc(C)ncc2CO)CC1. The molecule has 0 aliphatic carbocycles. The number of nitrogens with zero attached hydrogens (tertiary/aromatic N) is 2. The number of rotatable bonds is 3. The molecule has 0 unspecified atom stereocenters. The molecule has 1 aromatic heterocycles. The normalized spacial score (nSPS) is 17.5. The topological polar surface area (TPSA) is 36.4 Å². The number of aliphatic hydroxyl groups excluding tert-OH is 1. The summed E-state index contributed by atoms with van der Waals surface area (Å²) in [6.45, 7) is 6.57. The summed E-state index contributed by atoms with van der Waals surface area (Å²) in [5.41, 5.74) is 3.15. The van der Waals surface area contributed by atoms with Crippen molar-refractivity contribution in [2.75, 3.05) is 18.0 Å². The molecule has 3 nitrogen and oxygen atoms in total. The van der Waals surface area contributed by atoms with Crippen molar-refractivity contribution in [1.82, 2.24) is 4.98 Å². The molecule has 0 radical (unpaired) electrons. The van der Waals surface area contributed by atoms with Crippen LogP contribution in [0.3, 0.4) is 0 Å². The molecular weight excluding hydrogens is 212 g/mol. The highest BCUT2D eigenvalue weighted by Gasteiger charge is 2.19. The molecule has 0 aromatic carbocycles. The van der Waals surface area contributed by atoms with E-state index in [1.807, 2.05) is 6.92 Å². The third kappa shape index (κ3) is 2.78. The van der Waals surface area contributed by atoms with Crippen molar-refractivity contribution >= 4 is 5.69 Å². The van der Waals surface area contributed by atoms with Gasteiger partial charge in [0.2, 0.25) is 0 Å². The van der Waals surface area contributed by atoms with Gasteiger partial charge in [-0.1, -0.05) is 13.3 Å². The van der Waals surface area contributed by atoms with Gasteiger partial charge in [0.15, 0.2) is 0 Å². The molecule has 17 heavy (non-hydrogen) atoms. The van der Waals surface area contributed by atoms with Crippen molar-refractivity contribution in [1.29, 1.82) is 0 Å². The fourth-order valence-electron chi connectivity index (χ4n) is 2.57. The van der Waals surface area contributed by atoms with Crippen molar-refractivity contribution < 1.29 is 5.11 Å². The largest absolute Gasteiger partial charge is 0.392 e. The van der Waals surface area contributed by atoms with Gasteiger partial charge >= 0.3 is 0 Å². The van der Waals surface area contributed by atoms with Gasteiger partial charge in [-0.3, -0.25) is 4.98 Å². The second kappa shape index (κ2) is 5.50. The van der Waals surface area contributed by atoms with E-state index in [1.54, 1.807) is 6.20 Å². The molecule has 1 fully saturated rings. The molecule has 1 aliphatic rings. The monoisotopic (exact) mass is 234 g/mol. The molecule has 1 saturated heterocycles. The highest BCUT2D eigenvalue weighted by Crippen LogP contribution is 2.27. The minimum absolute atomic E-state index is 0.0797. The number of piperidine rings is 1. The molecule has 1 aliphatic heterocycles. The molecule has 3 heteroatoms. The maximum Gasteiger partial charge on any atom is 0.0717 e. The van der Waals surface area contributed by atoms with E-state index >= 15 is 0 Å². The summed E-state index contributed by atoms with van der Waals surface area (Å²) in [7, 11) is 0. The van der Waals surface area contributed by atoms with Gasteiger partial charge in [0.1, 0.15) is 0 Å². The third-order valence-electron chi connectivity index (χ3n) is 3.80. The van der Waals surface area contributed by atoms with Crippen LogP contribution in [0.1, 0.15) is 37.4 Å². The summed E-state index contributed by atoms with van der Waals surface area (Å²) >= 11 is 0. The molecule has 0 amide bonds. The summed E-state index contributed by atoms with van der Waals surface area (Å²) in [5, 5.41) is 9.37. The molecule has 2 rings (SSSR count). The van der Waals surface area contributed by atoms with E-state index in [0.717, 1.165) is 30.3 Å². The average Bonchev–Trinajstić information content (AvgIpc) is 2.39. The fourth-order valence-corrected chi connectivity index (χ4v) is 2.57. The maximum absolute atomic E-state index is 9.37. The molecule has 2 heterocycles. The summed E-state index contributed by atoms with van der Waals surface area (Å²) in [6, 6.07) is 2.10. The molecule has 0 spiro atoms. The summed E-state index contributed by atoms with van der Waals surface area (Å²) in [4.78, 5) is 6.65. The van der Waals surface area contributed by atoms with Crippen molar-refractivity contribution in [2.24, 2.45) is 5.92 Å². The van der Waals surface area contributed by atoms with E-state index in [0.29, 0.717) is 0 Å². The van der Waals surface area contributed by atoms with Crippen LogP contribution in [0.5, 0.6) is 0 Å².